The molecule has 0 atom stereocenters. The van der Waals surface area contributed by atoms with Crippen molar-refractivity contribution < 1.29 is 24.2 Å². The summed E-state index contributed by atoms with van der Waals surface area (Å²) in [5, 5.41) is 18.7. The highest BCUT2D eigenvalue weighted by Gasteiger charge is 2.34. The molecule has 1 aliphatic rings. The number of aromatic carboxylic acids is 1. The van der Waals surface area contributed by atoms with Crippen molar-refractivity contribution >= 4 is 51.9 Å². The molecule has 1 aromatic carbocycles. The van der Waals surface area contributed by atoms with Crippen LogP contribution in [0.25, 0.3) is 6.08 Å². The van der Waals surface area contributed by atoms with Gasteiger partial charge >= 0.3 is 5.97 Å². The van der Waals surface area contributed by atoms with Crippen LogP contribution in [0, 0.1) is 6.92 Å². The molecule has 2 heterocycles. The van der Waals surface area contributed by atoms with Crippen molar-refractivity contribution in [1.82, 2.24) is 0 Å². The molecule has 0 aliphatic carbocycles. The molecular weight excluding hydrogens is 350 g/mol. The van der Waals surface area contributed by atoms with Crippen LogP contribution in [0.15, 0.2) is 39.7 Å². The van der Waals surface area contributed by atoms with E-state index >= 15 is 0 Å². The Morgan fingerprint density at radius 1 is 1.33 bits per heavy atom. The van der Waals surface area contributed by atoms with Crippen molar-refractivity contribution in [3.05, 3.63) is 52.3 Å². The summed E-state index contributed by atoms with van der Waals surface area (Å²) in [7, 11) is 0. The molecule has 0 unspecified atom stereocenters. The van der Waals surface area contributed by atoms with Gasteiger partial charge in [0, 0.05) is 6.08 Å². The molecule has 0 radical (unpaired) electrons. The first-order valence-electron chi connectivity index (χ1n) is 6.77. The molecule has 0 spiro atoms. The summed E-state index contributed by atoms with van der Waals surface area (Å²) in [6.45, 7) is 1.80. The normalized spacial score (nSPS) is 16.2. The summed E-state index contributed by atoms with van der Waals surface area (Å²) in [6.07, 6.45) is 1.59. The summed E-state index contributed by atoms with van der Waals surface area (Å²) < 4.78 is 5.70. The lowest BCUT2D eigenvalue weighted by Gasteiger charge is -2.15. The second-order valence-corrected chi connectivity index (χ2v) is 6.65. The number of carbonyl (C=O) groups excluding carboxylic acids is 1. The Balaban J connectivity index is 1.97. The van der Waals surface area contributed by atoms with Gasteiger partial charge in [-0.25, -0.2) is 4.79 Å². The summed E-state index contributed by atoms with van der Waals surface area (Å²) in [4.78, 5) is 25.3. The van der Waals surface area contributed by atoms with E-state index in [4.69, 9.17) is 21.7 Å². The zero-order valence-electron chi connectivity index (χ0n) is 12.3. The number of thiocarbonyl (C=S) groups is 1. The predicted octanol–water partition coefficient (Wildman–Crippen LogP) is 3.40. The smallest absolute Gasteiger partial charge is 0.339 e. The minimum absolute atomic E-state index is 0.275. The fraction of sp³-hybridized carbons (Fsp3) is 0.0625. The number of anilines is 1. The first-order valence-corrected chi connectivity index (χ1v) is 8.00. The third-order valence-electron chi connectivity index (χ3n) is 3.30. The van der Waals surface area contributed by atoms with E-state index in [0.717, 1.165) is 17.5 Å². The monoisotopic (exact) mass is 361 g/mol. The van der Waals surface area contributed by atoms with Gasteiger partial charge in [-0.15, -0.1) is 0 Å². The third kappa shape index (κ3) is 2.93. The highest BCUT2D eigenvalue weighted by atomic mass is 32.2. The molecule has 2 N–H and O–H groups in total. The molecule has 122 valence electrons. The Kier molecular flexibility index (Phi) is 4.16. The maximum absolute atomic E-state index is 12.6. The molecule has 24 heavy (non-hydrogen) atoms. The van der Waals surface area contributed by atoms with Gasteiger partial charge in [-0.2, -0.15) is 0 Å². The third-order valence-corrected chi connectivity index (χ3v) is 4.60. The van der Waals surface area contributed by atoms with Gasteiger partial charge in [0.15, 0.2) is 4.32 Å². The van der Waals surface area contributed by atoms with Gasteiger partial charge in [0.25, 0.3) is 5.91 Å². The number of thioether (sulfide) groups is 1. The van der Waals surface area contributed by atoms with E-state index in [2.05, 4.69) is 0 Å². The minimum atomic E-state index is -1.29. The van der Waals surface area contributed by atoms with Gasteiger partial charge in [0.2, 0.25) is 0 Å². The summed E-state index contributed by atoms with van der Waals surface area (Å²) in [5.74, 6) is -0.785. The number of furan rings is 1. The first-order chi connectivity index (χ1) is 11.4. The van der Waals surface area contributed by atoms with E-state index in [1.807, 2.05) is 0 Å². The number of hydrogen-bond donors (Lipinski definition) is 2. The van der Waals surface area contributed by atoms with Crippen LogP contribution in [0.1, 0.15) is 21.9 Å². The molecule has 8 heteroatoms. The van der Waals surface area contributed by atoms with Crippen LogP contribution in [-0.4, -0.2) is 26.4 Å². The van der Waals surface area contributed by atoms with Crippen LogP contribution >= 0.6 is 24.0 Å². The highest BCUT2D eigenvalue weighted by Crippen LogP contribution is 2.37. The highest BCUT2D eigenvalue weighted by molar-refractivity contribution is 8.27. The number of benzene rings is 1. The van der Waals surface area contributed by atoms with E-state index < -0.39 is 5.97 Å². The van der Waals surface area contributed by atoms with Crippen molar-refractivity contribution in [3.63, 3.8) is 0 Å². The van der Waals surface area contributed by atoms with Gasteiger partial charge in [-0.1, -0.05) is 24.0 Å². The van der Waals surface area contributed by atoms with Crippen molar-refractivity contribution in [2.45, 2.75) is 6.92 Å². The lowest BCUT2D eigenvalue weighted by molar-refractivity contribution is -0.113. The second-order valence-electron chi connectivity index (χ2n) is 4.97. The van der Waals surface area contributed by atoms with Crippen molar-refractivity contribution in [1.29, 1.82) is 0 Å². The number of phenols is 1. The minimum Gasteiger partial charge on any atom is -0.507 e. The summed E-state index contributed by atoms with van der Waals surface area (Å²) >= 11 is 6.32. The molecule has 1 fully saturated rings. The van der Waals surface area contributed by atoms with E-state index in [1.54, 1.807) is 25.1 Å². The van der Waals surface area contributed by atoms with E-state index in [9.17, 15) is 14.7 Å². The number of hydrogen-bond acceptors (Lipinski definition) is 6. The van der Waals surface area contributed by atoms with Crippen LogP contribution in [-0.2, 0) is 4.79 Å². The Bertz CT molecular complexity index is 900. The predicted molar refractivity (Wildman–Crippen MR) is 94.2 cm³/mol. The number of carboxylic acids is 1. The molecule has 0 saturated carbocycles. The number of amides is 1. The number of carboxylic acid groups (broad SMARTS) is 1. The van der Waals surface area contributed by atoms with Gasteiger partial charge < -0.3 is 14.6 Å². The van der Waals surface area contributed by atoms with Crippen LogP contribution in [0.5, 0.6) is 5.75 Å². The summed E-state index contributed by atoms with van der Waals surface area (Å²) in [5.41, 5.74) is -0.0149. The zero-order chi connectivity index (χ0) is 17.4. The molecule has 1 amide bonds. The van der Waals surface area contributed by atoms with Crippen molar-refractivity contribution in [2.75, 3.05) is 4.90 Å². The Hall–Kier alpha value is -2.58. The first kappa shape index (κ1) is 16.3. The molecule has 1 aromatic heterocycles. The number of aryl methyl sites for hydroxylation is 1. The van der Waals surface area contributed by atoms with E-state index in [1.165, 1.54) is 23.1 Å². The Morgan fingerprint density at radius 2 is 2.08 bits per heavy atom. The molecule has 0 bridgehead atoms. The fourth-order valence-electron chi connectivity index (χ4n) is 2.18. The number of rotatable bonds is 3. The average molecular weight is 361 g/mol. The summed E-state index contributed by atoms with van der Waals surface area (Å²) in [6, 6.07) is 7.39. The van der Waals surface area contributed by atoms with Gasteiger partial charge in [-0.05, 0) is 37.3 Å². The van der Waals surface area contributed by atoms with Gasteiger partial charge in [-0.3, -0.25) is 9.69 Å². The lowest BCUT2D eigenvalue weighted by atomic mass is 10.1. The van der Waals surface area contributed by atoms with Crippen LogP contribution in [0.4, 0.5) is 5.69 Å². The SMILES string of the molecule is Cc1ccc(C=C2SC(=S)N(c3ccc(O)c(C(=O)O)c3)C2=O)o1. The molecule has 1 aliphatic heterocycles. The second kappa shape index (κ2) is 6.14. The maximum Gasteiger partial charge on any atom is 0.339 e. The lowest BCUT2D eigenvalue weighted by Crippen LogP contribution is -2.27. The molecule has 3 rings (SSSR count). The number of nitrogens with zero attached hydrogens (tertiary/aromatic N) is 1. The number of carbonyl (C=O) groups is 2. The maximum atomic E-state index is 12.6. The average Bonchev–Trinajstić information content (AvgIpc) is 3.04. The Morgan fingerprint density at radius 3 is 2.71 bits per heavy atom. The topological polar surface area (TPSA) is 91.0 Å². The molecule has 2 aromatic rings. The quantitative estimate of drug-likeness (QED) is 0.639. The van der Waals surface area contributed by atoms with Gasteiger partial charge in [0.1, 0.15) is 22.8 Å². The Labute approximate surface area is 146 Å². The molecule has 6 nitrogen and oxygen atoms in total. The van der Waals surface area contributed by atoms with Crippen molar-refractivity contribution in [2.24, 2.45) is 0 Å². The van der Waals surface area contributed by atoms with Crippen LogP contribution < -0.4 is 4.90 Å². The largest absolute Gasteiger partial charge is 0.507 e. The van der Waals surface area contributed by atoms with Gasteiger partial charge in [0.05, 0.1) is 10.6 Å². The van der Waals surface area contributed by atoms with Crippen molar-refractivity contribution in [3.8, 4) is 5.75 Å². The standard InChI is InChI=1S/C16H11NO5S2/c1-8-2-4-10(22-8)7-13-14(19)17(16(23)24-13)9-3-5-12(18)11(6-9)15(20)21/h2-7,18H,1H3,(H,20,21). The van der Waals surface area contributed by atoms with E-state index in [-0.39, 0.29) is 27.2 Å². The zero-order valence-corrected chi connectivity index (χ0v) is 14.0. The number of aromatic hydroxyl groups is 1. The van der Waals surface area contributed by atoms with Crippen LogP contribution in [0.3, 0.4) is 0 Å². The molecular formula is C16H11NO5S2. The molecule has 1 saturated heterocycles. The van der Waals surface area contributed by atoms with Crippen LogP contribution in [0.2, 0.25) is 0 Å². The fourth-order valence-corrected chi connectivity index (χ4v) is 3.46. The van der Waals surface area contributed by atoms with E-state index in [0.29, 0.717) is 10.7 Å².